The number of benzene rings is 4. The molecule has 1 aliphatic heterocycles. The normalized spacial score (nSPS) is 17.8. The average molecular weight is 451 g/mol. The fraction of sp³-hybridized carbons (Fsp3) is 0.133. The molecule has 0 saturated carbocycles. The Bertz CT molecular complexity index is 1060. The van der Waals surface area contributed by atoms with Crippen LogP contribution in [0, 0.1) is 0 Å². The van der Waals surface area contributed by atoms with Gasteiger partial charge in [0.25, 0.3) is 0 Å². The first-order chi connectivity index (χ1) is 16.3. The third-order valence-corrected chi connectivity index (χ3v) is 6.84. The highest BCUT2D eigenvalue weighted by atomic mass is 32.2. The van der Waals surface area contributed by atoms with Crippen LogP contribution in [0.2, 0.25) is 0 Å². The summed E-state index contributed by atoms with van der Waals surface area (Å²) >= 11 is 1.71. The molecule has 1 heterocycles. The predicted octanol–water partition coefficient (Wildman–Crippen LogP) is 7.07. The molecule has 164 valence electrons. The van der Waals surface area contributed by atoms with Crippen LogP contribution >= 0.6 is 11.8 Å². The molecule has 2 nitrogen and oxygen atoms in total. The molecule has 0 amide bonds. The molecule has 0 fully saturated rings. The van der Waals surface area contributed by atoms with E-state index in [9.17, 15) is 0 Å². The lowest BCUT2D eigenvalue weighted by Crippen LogP contribution is -2.35. The molecule has 0 radical (unpaired) electrons. The smallest absolute Gasteiger partial charge is 0.143 e. The summed E-state index contributed by atoms with van der Waals surface area (Å²) in [6, 6.07) is 41.7. The quantitative estimate of drug-likeness (QED) is 0.211. The van der Waals surface area contributed by atoms with Crippen LogP contribution in [0.5, 0.6) is 0 Å². The average Bonchev–Trinajstić information content (AvgIpc) is 3.34. The van der Waals surface area contributed by atoms with Gasteiger partial charge in [-0.3, -0.25) is 0 Å². The minimum atomic E-state index is -0.731. The fourth-order valence-corrected chi connectivity index (χ4v) is 5.20. The van der Waals surface area contributed by atoms with Crippen LogP contribution in [0.15, 0.2) is 138 Å². The van der Waals surface area contributed by atoms with E-state index in [-0.39, 0.29) is 11.5 Å². The van der Waals surface area contributed by atoms with E-state index in [1.807, 2.05) is 24.3 Å². The van der Waals surface area contributed by atoms with Gasteiger partial charge in [0.15, 0.2) is 0 Å². The standard InChI is InChI=1S/C30H26O2S/c1-5-13-24(14-6-1)30(25-15-7-2-8-16-25,26-17-9-3-10-18-26)31-23-27-21-22-29(32-27)33-28-19-11-4-12-20-28/h1-22,27,29H,23H2/t27-,29?/m0/s1. The van der Waals surface area contributed by atoms with Gasteiger partial charge in [-0.2, -0.15) is 0 Å². The summed E-state index contributed by atoms with van der Waals surface area (Å²) in [6.45, 7) is 0.445. The molecule has 2 atom stereocenters. The SMILES string of the molecule is C1=C[C@@H](COC(c2ccccc2)(c2ccccc2)c2ccccc2)OC1Sc1ccccc1. The van der Waals surface area contributed by atoms with Crippen molar-refractivity contribution in [2.45, 2.75) is 22.0 Å². The molecule has 0 aromatic heterocycles. The number of hydrogen-bond acceptors (Lipinski definition) is 3. The monoisotopic (exact) mass is 450 g/mol. The van der Waals surface area contributed by atoms with Gasteiger partial charge in [0.2, 0.25) is 0 Å². The molecule has 4 aromatic carbocycles. The maximum atomic E-state index is 6.88. The number of rotatable bonds is 8. The van der Waals surface area contributed by atoms with Crippen molar-refractivity contribution in [3.05, 3.63) is 150 Å². The summed E-state index contributed by atoms with van der Waals surface area (Å²) in [5.74, 6) is 0. The van der Waals surface area contributed by atoms with Crippen molar-refractivity contribution in [3.8, 4) is 0 Å². The summed E-state index contributed by atoms with van der Waals surface area (Å²) in [5.41, 5.74) is 2.55. The second kappa shape index (κ2) is 10.2. The van der Waals surface area contributed by atoms with E-state index in [0.29, 0.717) is 6.61 Å². The topological polar surface area (TPSA) is 18.5 Å². The highest BCUT2D eigenvalue weighted by molar-refractivity contribution is 8.00. The Morgan fingerprint density at radius 1 is 0.606 bits per heavy atom. The molecule has 0 spiro atoms. The molecule has 0 bridgehead atoms. The van der Waals surface area contributed by atoms with Crippen molar-refractivity contribution in [3.63, 3.8) is 0 Å². The van der Waals surface area contributed by atoms with Gasteiger partial charge in [-0.15, -0.1) is 0 Å². The lowest BCUT2D eigenvalue weighted by atomic mass is 9.80. The zero-order valence-electron chi connectivity index (χ0n) is 18.3. The van der Waals surface area contributed by atoms with Crippen LogP contribution in [0.3, 0.4) is 0 Å². The molecular formula is C30H26O2S. The summed E-state index contributed by atoms with van der Waals surface area (Å²) in [7, 11) is 0. The van der Waals surface area contributed by atoms with Crippen LogP contribution in [0.4, 0.5) is 0 Å². The van der Waals surface area contributed by atoms with Crippen LogP contribution < -0.4 is 0 Å². The van der Waals surface area contributed by atoms with Gasteiger partial charge >= 0.3 is 0 Å². The van der Waals surface area contributed by atoms with Crippen LogP contribution in [-0.2, 0) is 15.1 Å². The Kier molecular flexibility index (Phi) is 6.73. The molecular weight excluding hydrogens is 424 g/mol. The number of thioether (sulfide) groups is 1. The van der Waals surface area contributed by atoms with E-state index in [1.54, 1.807) is 11.8 Å². The molecule has 1 unspecified atom stereocenters. The molecule has 1 aliphatic rings. The zero-order chi connectivity index (χ0) is 22.3. The minimum absolute atomic E-state index is 0.0134. The van der Waals surface area contributed by atoms with Crippen LogP contribution in [-0.4, -0.2) is 18.1 Å². The molecule has 3 heteroatoms. The zero-order valence-corrected chi connectivity index (χ0v) is 19.1. The van der Waals surface area contributed by atoms with Gasteiger partial charge in [0.05, 0.1) is 6.61 Å². The Labute approximate surface area is 199 Å². The number of ether oxygens (including phenoxy) is 2. The summed E-state index contributed by atoms with van der Waals surface area (Å²) < 4.78 is 13.2. The van der Waals surface area contributed by atoms with E-state index in [4.69, 9.17) is 9.47 Å². The maximum absolute atomic E-state index is 6.88. The van der Waals surface area contributed by atoms with E-state index < -0.39 is 5.60 Å². The Morgan fingerprint density at radius 3 is 1.55 bits per heavy atom. The maximum Gasteiger partial charge on any atom is 0.143 e. The van der Waals surface area contributed by atoms with E-state index in [2.05, 4.69) is 109 Å². The van der Waals surface area contributed by atoms with Crippen molar-refractivity contribution in [2.24, 2.45) is 0 Å². The van der Waals surface area contributed by atoms with Crippen molar-refractivity contribution in [2.75, 3.05) is 6.61 Å². The second-order valence-corrected chi connectivity index (χ2v) is 9.12. The second-order valence-electron chi connectivity index (χ2n) is 7.95. The van der Waals surface area contributed by atoms with Gasteiger partial charge in [0, 0.05) is 4.90 Å². The first kappa shape index (κ1) is 21.7. The molecule has 0 N–H and O–H groups in total. The molecule has 5 rings (SSSR count). The third-order valence-electron chi connectivity index (χ3n) is 5.79. The Hall–Kier alpha value is -3.11. The van der Waals surface area contributed by atoms with Gasteiger partial charge in [-0.05, 0) is 34.9 Å². The summed E-state index contributed by atoms with van der Waals surface area (Å²) in [4.78, 5) is 1.20. The lowest BCUT2D eigenvalue weighted by Gasteiger charge is -2.36. The van der Waals surface area contributed by atoms with Crippen LogP contribution in [0.25, 0.3) is 0 Å². The largest absolute Gasteiger partial charge is 0.358 e. The highest BCUT2D eigenvalue weighted by Crippen LogP contribution is 2.41. The fourth-order valence-electron chi connectivity index (χ4n) is 4.25. The van der Waals surface area contributed by atoms with E-state index >= 15 is 0 Å². The molecule has 0 saturated heterocycles. The van der Waals surface area contributed by atoms with Gasteiger partial charge in [-0.25, -0.2) is 0 Å². The minimum Gasteiger partial charge on any atom is -0.358 e. The molecule has 0 aliphatic carbocycles. The molecule has 4 aromatic rings. The highest BCUT2D eigenvalue weighted by Gasteiger charge is 2.38. The van der Waals surface area contributed by atoms with Crippen molar-refractivity contribution < 1.29 is 9.47 Å². The van der Waals surface area contributed by atoms with Crippen molar-refractivity contribution >= 4 is 11.8 Å². The van der Waals surface area contributed by atoms with Gasteiger partial charge in [0.1, 0.15) is 17.1 Å². The molecule has 33 heavy (non-hydrogen) atoms. The van der Waals surface area contributed by atoms with Crippen LogP contribution in [0.1, 0.15) is 16.7 Å². The van der Waals surface area contributed by atoms with E-state index in [0.717, 1.165) is 16.7 Å². The first-order valence-electron chi connectivity index (χ1n) is 11.2. The predicted molar refractivity (Wildman–Crippen MR) is 135 cm³/mol. The van der Waals surface area contributed by atoms with Gasteiger partial charge in [-0.1, -0.05) is 127 Å². The van der Waals surface area contributed by atoms with E-state index in [1.165, 1.54) is 4.90 Å². The summed E-state index contributed by atoms with van der Waals surface area (Å²) in [6.07, 6.45) is 4.13. The van der Waals surface area contributed by atoms with Gasteiger partial charge < -0.3 is 9.47 Å². The van der Waals surface area contributed by atoms with Crippen molar-refractivity contribution in [1.82, 2.24) is 0 Å². The first-order valence-corrected chi connectivity index (χ1v) is 12.1. The third kappa shape index (κ3) is 4.81. The number of hydrogen-bond donors (Lipinski definition) is 0. The Morgan fingerprint density at radius 2 is 1.06 bits per heavy atom. The lowest BCUT2D eigenvalue weighted by molar-refractivity contribution is -0.0416. The Balaban J connectivity index is 1.43. The summed E-state index contributed by atoms with van der Waals surface area (Å²) in [5, 5.41) is 0. The van der Waals surface area contributed by atoms with Crippen molar-refractivity contribution in [1.29, 1.82) is 0 Å².